The van der Waals surface area contributed by atoms with Crippen molar-refractivity contribution >= 4 is 17.9 Å². The van der Waals surface area contributed by atoms with Gasteiger partial charge >= 0.3 is 17.9 Å². The predicted octanol–water partition coefficient (Wildman–Crippen LogP) is 24.8. The quantitative estimate of drug-likeness (QED) is 0.0261. The van der Waals surface area contributed by atoms with Gasteiger partial charge in [-0.15, -0.1) is 0 Å². The fourth-order valence-corrected chi connectivity index (χ4v) is 10.6. The van der Waals surface area contributed by atoms with Crippen molar-refractivity contribution in [3.05, 3.63) is 72.9 Å². The molecular formula is C76H136O6. The van der Waals surface area contributed by atoms with Crippen molar-refractivity contribution in [2.24, 2.45) is 0 Å². The maximum atomic E-state index is 12.9. The first-order valence-corrected chi connectivity index (χ1v) is 35.9. The van der Waals surface area contributed by atoms with E-state index in [0.717, 1.165) is 103 Å². The molecule has 0 aliphatic heterocycles. The molecule has 0 spiro atoms. The van der Waals surface area contributed by atoms with Gasteiger partial charge in [0.05, 0.1) is 0 Å². The Kier molecular flexibility index (Phi) is 67.6. The zero-order chi connectivity index (χ0) is 59.2. The number of hydrogen-bond acceptors (Lipinski definition) is 6. The van der Waals surface area contributed by atoms with E-state index in [9.17, 15) is 14.4 Å². The maximum absolute atomic E-state index is 12.9. The molecule has 0 aromatic rings. The largest absolute Gasteiger partial charge is 0.462 e. The number of ether oxygens (including phenoxy) is 3. The van der Waals surface area contributed by atoms with Gasteiger partial charge < -0.3 is 14.2 Å². The van der Waals surface area contributed by atoms with Gasteiger partial charge in [0.1, 0.15) is 13.2 Å². The van der Waals surface area contributed by atoms with Crippen molar-refractivity contribution in [3.63, 3.8) is 0 Å². The van der Waals surface area contributed by atoms with Gasteiger partial charge in [-0.25, -0.2) is 0 Å². The molecule has 1 unspecified atom stereocenters. The Balaban J connectivity index is 4.25. The summed E-state index contributed by atoms with van der Waals surface area (Å²) < 4.78 is 17.0. The van der Waals surface area contributed by atoms with Crippen LogP contribution in [0.1, 0.15) is 374 Å². The van der Waals surface area contributed by atoms with Gasteiger partial charge in [-0.3, -0.25) is 14.4 Å². The molecule has 0 aliphatic rings. The number of esters is 3. The number of carbonyl (C=O) groups excluding carboxylic acids is 3. The summed E-state index contributed by atoms with van der Waals surface area (Å²) in [4.78, 5) is 38.4. The van der Waals surface area contributed by atoms with Gasteiger partial charge in [-0.2, -0.15) is 0 Å². The van der Waals surface area contributed by atoms with Crippen molar-refractivity contribution in [2.45, 2.75) is 380 Å². The van der Waals surface area contributed by atoms with E-state index in [-0.39, 0.29) is 31.1 Å². The lowest BCUT2D eigenvalue weighted by Gasteiger charge is -2.18. The topological polar surface area (TPSA) is 78.9 Å². The van der Waals surface area contributed by atoms with Crippen LogP contribution in [0.4, 0.5) is 0 Å². The average molecular weight is 1150 g/mol. The molecule has 0 aromatic carbocycles. The molecular weight excluding hydrogens is 1010 g/mol. The minimum Gasteiger partial charge on any atom is -0.462 e. The first-order chi connectivity index (χ1) is 40.5. The lowest BCUT2D eigenvalue weighted by atomic mass is 10.0. The van der Waals surface area contributed by atoms with Crippen LogP contribution in [0.15, 0.2) is 72.9 Å². The number of allylic oxidation sites excluding steroid dienone is 12. The highest BCUT2D eigenvalue weighted by molar-refractivity contribution is 5.71. The summed E-state index contributed by atoms with van der Waals surface area (Å²) in [6.07, 6.45) is 92.3. The van der Waals surface area contributed by atoms with Crippen molar-refractivity contribution in [1.29, 1.82) is 0 Å². The van der Waals surface area contributed by atoms with Gasteiger partial charge in [0.2, 0.25) is 0 Å². The third-order valence-electron chi connectivity index (χ3n) is 15.9. The number of rotatable bonds is 66. The van der Waals surface area contributed by atoms with Crippen LogP contribution in [-0.2, 0) is 28.6 Å². The first-order valence-electron chi connectivity index (χ1n) is 35.9. The average Bonchev–Trinajstić information content (AvgIpc) is 3.47. The molecule has 0 heterocycles. The Hall–Kier alpha value is -3.15. The molecule has 1 atom stereocenters. The Morgan fingerprint density at radius 3 is 0.756 bits per heavy atom. The highest BCUT2D eigenvalue weighted by Gasteiger charge is 2.19. The lowest BCUT2D eigenvalue weighted by molar-refractivity contribution is -0.167. The molecule has 0 radical (unpaired) electrons. The van der Waals surface area contributed by atoms with Crippen LogP contribution in [0, 0.1) is 0 Å². The highest BCUT2D eigenvalue weighted by atomic mass is 16.6. The molecule has 6 nitrogen and oxygen atoms in total. The van der Waals surface area contributed by atoms with Crippen LogP contribution in [0.25, 0.3) is 0 Å². The zero-order valence-electron chi connectivity index (χ0n) is 54.8. The van der Waals surface area contributed by atoms with Gasteiger partial charge in [0.25, 0.3) is 0 Å². The van der Waals surface area contributed by atoms with Crippen LogP contribution in [0.5, 0.6) is 0 Å². The summed E-state index contributed by atoms with van der Waals surface area (Å²) in [5.74, 6) is -0.903. The summed E-state index contributed by atoms with van der Waals surface area (Å²) in [5, 5.41) is 0. The van der Waals surface area contributed by atoms with Gasteiger partial charge in [-0.1, -0.05) is 338 Å². The van der Waals surface area contributed by atoms with Crippen LogP contribution < -0.4 is 0 Å². The Labute approximate surface area is 510 Å². The fraction of sp³-hybridized carbons (Fsp3) is 0.803. The molecule has 0 aliphatic carbocycles. The summed E-state index contributed by atoms with van der Waals surface area (Å²) in [7, 11) is 0. The van der Waals surface area contributed by atoms with E-state index >= 15 is 0 Å². The standard InChI is InChI=1S/C76H136O6/c1-4-7-10-13-16-19-22-25-27-29-31-33-35-36-37-38-39-41-42-44-46-48-51-54-57-60-63-66-69-75(78)81-72-73(71-80-74(77)68-65-62-59-56-53-50-24-21-18-15-12-9-6-3)82-76(79)70-67-64-61-58-55-52-49-47-45-43-40-34-32-30-28-26-23-20-17-14-11-8-5-2/h9,12,18,21,23,26,30,32,40,43,50,53,73H,4-8,10-11,13-17,19-20,22,24-25,27-29,31,33-39,41-42,44-49,51-52,54-72H2,1-3H3/b12-9-,21-18-,26-23-,32-30-,43-40-,53-50-. The second-order valence-corrected chi connectivity index (χ2v) is 24.1. The monoisotopic (exact) mass is 1150 g/mol. The molecule has 0 saturated heterocycles. The van der Waals surface area contributed by atoms with E-state index in [1.807, 2.05) is 0 Å². The second-order valence-electron chi connectivity index (χ2n) is 24.1. The molecule has 6 heteroatoms. The van der Waals surface area contributed by atoms with Crippen LogP contribution >= 0.6 is 0 Å². The van der Waals surface area contributed by atoms with Crippen LogP contribution in [0.2, 0.25) is 0 Å². The molecule has 0 fully saturated rings. The van der Waals surface area contributed by atoms with Crippen molar-refractivity contribution < 1.29 is 28.6 Å². The fourth-order valence-electron chi connectivity index (χ4n) is 10.6. The van der Waals surface area contributed by atoms with Gasteiger partial charge in [0, 0.05) is 19.3 Å². The first kappa shape index (κ1) is 78.8. The summed E-state index contributed by atoms with van der Waals surface area (Å²) in [5.41, 5.74) is 0. The van der Waals surface area contributed by atoms with Crippen molar-refractivity contribution in [2.75, 3.05) is 13.2 Å². The maximum Gasteiger partial charge on any atom is 0.306 e. The third-order valence-corrected chi connectivity index (χ3v) is 15.9. The molecule has 0 aromatic heterocycles. The molecule has 0 N–H and O–H groups in total. The van der Waals surface area contributed by atoms with E-state index in [4.69, 9.17) is 14.2 Å². The molecule has 476 valence electrons. The van der Waals surface area contributed by atoms with E-state index in [1.54, 1.807) is 0 Å². The van der Waals surface area contributed by atoms with E-state index in [0.29, 0.717) is 19.3 Å². The summed E-state index contributed by atoms with van der Waals surface area (Å²) in [6.45, 7) is 6.54. The number of carbonyl (C=O) groups is 3. The van der Waals surface area contributed by atoms with E-state index in [2.05, 4.69) is 93.7 Å². The van der Waals surface area contributed by atoms with Crippen molar-refractivity contribution in [3.8, 4) is 0 Å². The van der Waals surface area contributed by atoms with E-state index < -0.39 is 6.10 Å². The van der Waals surface area contributed by atoms with Crippen LogP contribution in [-0.4, -0.2) is 37.2 Å². The minimum atomic E-state index is -0.792. The molecule has 82 heavy (non-hydrogen) atoms. The minimum absolute atomic E-state index is 0.0849. The second kappa shape index (κ2) is 70.3. The molecule has 0 rings (SSSR count). The Bertz CT molecular complexity index is 1500. The smallest absolute Gasteiger partial charge is 0.306 e. The molecule has 0 bridgehead atoms. The van der Waals surface area contributed by atoms with Crippen LogP contribution in [0.3, 0.4) is 0 Å². The number of hydrogen-bond donors (Lipinski definition) is 0. The molecule has 0 saturated carbocycles. The highest BCUT2D eigenvalue weighted by Crippen LogP contribution is 2.18. The normalized spacial score (nSPS) is 12.5. The summed E-state index contributed by atoms with van der Waals surface area (Å²) >= 11 is 0. The number of unbranched alkanes of at least 4 members (excludes halogenated alkanes) is 43. The SMILES string of the molecule is CC/C=C\C/C=C\C/C=C\CCCCCC(=O)OCC(COC(=O)CCCCCCCCCCCCCCCCCCCCCCCCCCCCCC)OC(=O)CCCCCCCCCC/C=C\C/C=C\C/C=C\CCCCCCC. The van der Waals surface area contributed by atoms with Gasteiger partial charge in [-0.05, 0) is 89.9 Å². The summed E-state index contributed by atoms with van der Waals surface area (Å²) in [6, 6.07) is 0. The zero-order valence-corrected chi connectivity index (χ0v) is 54.8. The van der Waals surface area contributed by atoms with E-state index in [1.165, 1.54) is 231 Å². The predicted molar refractivity (Wildman–Crippen MR) is 358 cm³/mol. The Morgan fingerprint density at radius 2 is 0.476 bits per heavy atom. The molecule has 0 amide bonds. The van der Waals surface area contributed by atoms with Gasteiger partial charge in [0.15, 0.2) is 6.10 Å². The Morgan fingerprint density at radius 1 is 0.256 bits per heavy atom. The van der Waals surface area contributed by atoms with Crippen molar-refractivity contribution in [1.82, 2.24) is 0 Å². The third kappa shape index (κ3) is 67.6. The lowest BCUT2D eigenvalue weighted by Crippen LogP contribution is -2.30.